The van der Waals surface area contributed by atoms with Crippen LogP contribution in [-0.2, 0) is 4.79 Å². The van der Waals surface area contributed by atoms with Gasteiger partial charge >= 0.3 is 0 Å². The van der Waals surface area contributed by atoms with Gasteiger partial charge in [-0.05, 0) is 18.4 Å². The molecule has 2 aromatic rings. The van der Waals surface area contributed by atoms with Gasteiger partial charge in [0.05, 0.1) is 18.3 Å². The molecular formula is C26H39N3O2. The molecule has 1 aromatic carbocycles. The zero-order chi connectivity index (χ0) is 22.0. The van der Waals surface area contributed by atoms with Crippen LogP contribution in [0.15, 0.2) is 42.7 Å². The van der Waals surface area contributed by atoms with Crippen molar-refractivity contribution in [1.82, 2.24) is 15.0 Å². The zero-order valence-corrected chi connectivity index (χ0v) is 19.0. The van der Waals surface area contributed by atoms with Gasteiger partial charge in [-0.2, -0.15) is 4.68 Å². The van der Waals surface area contributed by atoms with Crippen molar-refractivity contribution < 1.29 is 9.59 Å². The molecule has 0 amide bonds. The van der Waals surface area contributed by atoms with Crippen LogP contribution < -0.4 is 0 Å². The maximum Gasteiger partial charge on any atom is 0.255 e. The Morgan fingerprint density at radius 2 is 1.35 bits per heavy atom. The first-order chi connectivity index (χ1) is 15.3. The van der Waals surface area contributed by atoms with E-state index in [-0.39, 0.29) is 11.8 Å². The summed E-state index contributed by atoms with van der Waals surface area (Å²) in [5.41, 5.74) is 1.06. The molecule has 0 saturated carbocycles. The summed E-state index contributed by atoms with van der Waals surface area (Å²) in [5, 5.41) is 7.66. The fraction of sp³-hybridized carbons (Fsp3) is 0.615. The molecular weight excluding hydrogens is 386 g/mol. The number of carbonyl (C=O) groups excluding carboxylic acids is 2. The van der Waals surface area contributed by atoms with Crippen LogP contribution >= 0.6 is 0 Å². The number of hydrogen-bond donors (Lipinski definition) is 0. The van der Waals surface area contributed by atoms with Crippen LogP contribution in [-0.4, -0.2) is 27.2 Å². The molecule has 2 rings (SSSR count). The molecule has 0 N–H and O–H groups in total. The molecule has 1 heterocycles. The number of rotatable bonds is 18. The Balaban J connectivity index is 1.52. The molecule has 170 valence electrons. The second kappa shape index (κ2) is 16.4. The fourth-order valence-electron chi connectivity index (χ4n) is 4.12. The van der Waals surface area contributed by atoms with Crippen molar-refractivity contribution in [2.24, 2.45) is 0 Å². The molecule has 0 spiro atoms. The van der Waals surface area contributed by atoms with Crippen molar-refractivity contribution >= 4 is 12.2 Å². The Labute approximate surface area is 187 Å². The maximum absolute atomic E-state index is 12.8. The van der Waals surface area contributed by atoms with Gasteiger partial charge in [0.2, 0.25) is 0 Å². The lowest BCUT2D eigenvalue weighted by Gasteiger charge is -2.15. The Morgan fingerprint density at radius 1 is 0.806 bits per heavy atom. The van der Waals surface area contributed by atoms with Crippen molar-refractivity contribution in [3.63, 3.8) is 0 Å². The van der Waals surface area contributed by atoms with E-state index in [1.807, 2.05) is 30.3 Å². The average molecular weight is 426 g/mol. The highest BCUT2D eigenvalue weighted by atomic mass is 16.2. The number of unbranched alkanes of at least 4 members (excludes halogenated alkanes) is 13. The third-order valence-corrected chi connectivity index (χ3v) is 5.96. The van der Waals surface area contributed by atoms with Gasteiger partial charge in [-0.3, -0.25) is 4.79 Å². The van der Waals surface area contributed by atoms with E-state index in [4.69, 9.17) is 0 Å². The van der Waals surface area contributed by atoms with Crippen LogP contribution in [0, 0.1) is 0 Å². The summed E-state index contributed by atoms with van der Waals surface area (Å²) < 4.78 is 1.36. The van der Waals surface area contributed by atoms with Gasteiger partial charge in [0.1, 0.15) is 6.29 Å². The fourth-order valence-corrected chi connectivity index (χ4v) is 4.12. The van der Waals surface area contributed by atoms with Crippen molar-refractivity contribution in [1.29, 1.82) is 0 Å². The smallest absolute Gasteiger partial charge is 0.255 e. The summed E-state index contributed by atoms with van der Waals surface area (Å²) in [4.78, 5) is 23.1. The summed E-state index contributed by atoms with van der Waals surface area (Å²) in [6.45, 7) is 0. The summed E-state index contributed by atoms with van der Waals surface area (Å²) in [5.74, 6) is -0.145. The van der Waals surface area contributed by atoms with Gasteiger partial charge in [0.25, 0.3) is 5.91 Å². The second-order valence-corrected chi connectivity index (χ2v) is 8.49. The summed E-state index contributed by atoms with van der Waals surface area (Å²) in [7, 11) is 0. The van der Waals surface area contributed by atoms with Crippen LogP contribution in [0.2, 0.25) is 0 Å². The van der Waals surface area contributed by atoms with Crippen molar-refractivity contribution in [2.45, 2.75) is 102 Å². The van der Waals surface area contributed by atoms with Crippen LogP contribution in [0.3, 0.4) is 0 Å². The van der Waals surface area contributed by atoms with Crippen molar-refractivity contribution in [3.8, 4) is 0 Å². The normalized spacial score (nSPS) is 12.0. The van der Waals surface area contributed by atoms with Crippen LogP contribution in [0.1, 0.15) is 113 Å². The molecule has 1 unspecified atom stereocenters. The molecule has 1 aromatic heterocycles. The summed E-state index contributed by atoms with van der Waals surface area (Å²) in [6.07, 6.45) is 22.1. The number of nitrogens with zero attached hydrogens (tertiary/aromatic N) is 3. The Kier molecular flexibility index (Phi) is 13.2. The van der Waals surface area contributed by atoms with E-state index in [9.17, 15) is 9.59 Å². The molecule has 31 heavy (non-hydrogen) atoms. The highest BCUT2D eigenvalue weighted by Crippen LogP contribution is 2.24. The first kappa shape index (κ1) is 25.0. The van der Waals surface area contributed by atoms with Crippen LogP contribution in [0.25, 0.3) is 0 Å². The predicted molar refractivity (Wildman–Crippen MR) is 125 cm³/mol. The number of carbonyl (C=O) groups is 2. The molecule has 0 aliphatic carbocycles. The quantitative estimate of drug-likeness (QED) is 0.196. The molecule has 1 atom stereocenters. The minimum Gasteiger partial charge on any atom is -0.303 e. The number of benzene rings is 1. The van der Waals surface area contributed by atoms with Gasteiger partial charge in [-0.25, -0.2) is 0 Å². The van der Waals surface area contributed by atoms with E-state index < -0.39 is 0 Å². The minimum absolute atomic E-state index is 0.00689. The highest BCUT2D eigenvalue weighted by Gasteiger charge is 2.22. The Bertz CT molecular complexity index is 701. The largest absolute Gasteiger partial charge is 0.303 e. The van der Waals surface area contributed by atoms with E-state index in [1.165, 1.54) is 75.3 Å². The van der Waals surface area contributed by atoms with Crippen molar-refractivity contribution in [2.75, 3.05) is 0 Å². The molecule has 0 radical (unpaired) electrons. The first-order valence-corrected chi connectivity index (χ1v) is 12.2. The summed E-state index contributed by atoms with van der Waals surface area (Å²) in [6, 6.07) is 10.0. The minimum atomic E-state index is -0.152. The average Bonchev–Trinajstić information content (AvgIpc) is 3.34. The van der Waals surface area contributed by atoms with E-state index in [1.54, 1.807) is 12.4 Å². The summed E-state index contributed by atoms with van der Waals surface area (Å²) >= 11 is 0. The highest BCUT2D eigenvalue weighted by molar-refractivity contribution is 5.85. The Hall–Kier alpha value is -2.30. The predicted octanol–water partition coefficient (Wildman–Crippen LogP) is 6.75. The molecule has 0 bridgehead atoms. The standard InChI is InChI=1S/C26H39N3O2/c30-23-17-12-10-8-6-4-2-1-3-5-7-9-11-16-20-25(24-18-14-13-15-19-24)26(31)29-22-21-27-28-29/h13-15,18-19,21-23,25H,1-12,16-17,20H2. The first-order valence-electron chi connectivity index (χ1n) is 12.2. The van der Waals surface area contributed by atoms with Crippen molar-refractivity contribution in [3.05, 3.63) is 48.3 Å². The lowest BCUT2D eigenvalue weighted by molar-refractivity contribution is -0.107. The van der Waals surface area contributed by atoms with E-state index in [2.05, 4.69) is 10.3 Å². The van der Waals surface area contributed by atoms with Gasteiger partial charge < -0.3 is 4.79 Å². The van der Waals surface area contributed by atoms with E-state index >= 15 is 0 Å². The zero-order valence-electron chi connectivity index (χ0n) is 19.0. The number of aromatic nitrogens is 3. The maximum atomic E-state index is 12.8. The molecule has 5 heteroatoms. The van der Waals surface area contributed by atoms with E-state index in [0.29, 0.717) is 0 Å². The van der Waals surface area contributed by atoms with E-state index in [0.717, 1.165) is 37.5 Å². The lowest BCUT2D eigenvalue weighted by atomic mass is 9.92. The lowest BCUT2D eigenvalue weighted by Crippen LogP contribution is -2.21. The molecule has 0 aliphatic heterocycles. The molecule has 5 nitrogen and oxygen atoms in total. The van der Waals surface area contributed by atoms with Crippen LogP contribution in [0.5, 0.6) is 0 Å². The van der Waals surface area contributed by atoms with Gasteiger partial charge in [-0.15, -0.1) is 5.10 Å². The second-order valence-electron chi connectivity index (χ2n) is 8.49. The number of hydrogen-bond acceptors (Lipinski definition) is 4. The molecule has 0 fully saturated rings. The van der Waals surface area contributed by atoms with Crippen LogP contribution in [0.4, 0.5) is 0 Å². The number of aldehydes is 1. The molecule has 0 aliphatic rings. The SMILES string of the molecule is O=CCCCCCCCCCCCCCCCC(C(=O)n1ccnn1)c1ccccc1. The third kappa shape index (κ3) is 10.5. The van der Waals surface area contributed by atoms with Gasteiger partial charge in [0, 0.05) is 6.42 Å². The molecule has 0 saturated heterocycles. The monoisotopic (exact) mass is 425 g/mol. The van der Waals surface area contributed by atoms with Gasteiger partial charge in [-0.1, -0.05) is 113 Å². The topological polar surface area (TPSA) is 64.8 Å². The van der Waals surface area contributed by atoms with Gasteiger partial charge in [0.15, 0.2) is 0 Å². The Morgan fingerprint density at radius 3 is 1.87 bits per heavy atom. The third-order valence-electron chi connectivity index (χ3n) is 5.96.